The van der Waals surface area contributed by atoms with E-state index in [0.717, 1.165) is 16.7 Å². The maximum absolute atomic E-state index is 11.3. The van der Waals surface area contributed by atoms with Gasteiger partial charge in [-0.15, -0.1) is 0 Å². The van der Waals surface area contributed by atoms with E-state index in [4.69, 9.17) is 13.9 Å². The number of fused-ring (bicyclic) bond motifs is 3. The summed E-state index contributed by atoms with van der Waals surface area (Å²) >= 11 is 0. The third-order valence-corrected chi connectivity index (χ3v) is 2.77. The highest BCUT2D eigenvalue weighted by Gasteiger charge is 2.23. The molecule has 0 saturated heterocycles. The van der Waals surface area contributed by atoms with Gasteiger partial charge in [0.25, 0.3) is 0 Å². The van der Waals surface area contributed by atoms with E-state index in [0.29, 0.717) is 24.2 Å². The number of hydrogen-bond acceptors (Lipinski definition) is 4. The fourth-order valence-electron chi connectivity index (χ4n) is 1.99. The smallest absolute Gasteiger partial charge is 0.311 e. The molecule has 0 fully saturated rings. The molecule has 0 aliphatic carbocycles. The highest BCUT2D eigenvalue weighted by atomic mass is 16.5. The van der Waals surface area contributed by atoms with E-state index in [9.17, 15) is 4.79 Å². The molecule has 3 rings (SSSR count). The van der Waals surface area contributed by atoms with Crippen LogP contribution in [0.15, 0.2) is 22.8 Å². The number of methoxy groups -OCH3 is 1. The second-order valence-electron chi connectivity index (χ2n) is 3.70. The average Bonchev–Trinajstić information content (AvgIpc) is 2.77. The van der Waals surface area contributed by atoms with Gasteiger partial charge < -0.3 is 13.9 Å². The maximum Gasteiger partial charge on any atom is 0.311 e. The first-order valence-electron chi connectivity index (χ1n) is 5.07. The third-order valence-electron chi connectivity index (χ3n) is 2.77. The Morgan fingerprint density at radius 3 is 3.06 bits per heavy atom. The van der Waals surface area contributed by atoms with E-state index in [1.165, 1.54) is 0 Å². The Balaban J connectivity index is 2.31. The van der Waals surface area contributed by atoms with Crippen molar-refractivity contribution in [3.8, 4) is 11.5 Å². The number of benzene rings is 1. The highest BCUT2D eigenvalue weighted by molar-refractivity contribution is 5.93. The first kappa shape index (κ1) is 9.27. The largest absolute Gasteiger partial charge is 0.496 e. The topological polar surface area (TPSA) is 48.7 Å². The normalized spacial score (nSPS) is 14.7. The lowest BCUT2D eigenvalue weighted by molar-refractivity contribution is -0.135. The number of carbonyl (C=O) groups is 1. The van der Waals surface area contributed by atoms with E-state index < -0.39 is 0 Å². The minimum Gasteiger partial charge on any atom is -0.496 e. The van der Waals surface area contributed by atoms with Gasteiger partial charge in [-0.05, 0) is 18.6 Å². The van der Waals surface area contributed by atoms with Gasteiger partial charge in [0.1, 0.15) is 5.75 Å². The lowest BCUT2D eigenvalue weighted by atomic mass is 10.0. The molecule has 0 saturated carbocycles. The minimum atomic E-state index is -0.213. The summed E-state index contributed by atoms with van der Waals surface area (Å²) in [6.45, 7) is 0. The average molecular weight is 218 g/mol. The molecular weight excluding hydrogens is 208 g/mol. The van der Waals surface area contributed by atoms with Gasteiger partial charge in [-0.1, -0.05) is 0 Å². The molecule has 1 aliphatic rings. The van der Waals surface area contributed by atoms with Crippen molar-refractivity contribution < 1.29 is 18.7 Å². The Labute approximate surface area is 91.7 Å². The zero-order valence-electron chi connectivity index (χ0n) is 8.78. The van der Waals surface area contributed by atoms with Crippen LogP contribution < -0.4 is 9.47 Å². The Bertz CT molecular complexity index is 568. The van der Waals surface area contributed by atoms with Crippen LogP contribution in [0.25, 0.3) is 11.0 Å². The molecule has 0 spiro atoms. The van der Waals surface area contributed by atoms with Gasteiger partial charge in [-0.25, -0.2) is 0 Å². The minimum absolute atomic E-state index is 0.213. The molecule has 0 bridgehead atoms. The lowest BCUT2D eigenvalue weighted by Crippen LogP contribution is -2.15. The molecule has 0 amide bonds. The molecule has 2 heterocycles. The molecule has 0 atom stereocenters. The molecule has 4 nitrogen and oxygen atoms in total. The third kappa shape index (κ3) is 1.19. The number of hydrogen-bond donors (Lipinski definition) is 0. The predicted molar refractivity (Wildman–Crippen MR) is 56.7 cm³/mol. The van der Waals surface area contributed by atoms with E-state index in [-0.39, 0.29) is 5.97 Å². The summed E-state index contributed by atoms with van der Waals surface area (Å²) in [4.78, 5) is 11.3. The van der Waals surface area contributed by atoms with Gasteiger partial charge in [0, 0.05) is 5.56 Å². The SMILES string of the molecule is COc1cc2c(c3occc13)OC(=O)CC2. The van der Waals surface area contributed by atoms with E-state index in [2.05, 4.69) is 0 Å². The summed E-state index contributed by atoms with van der Waals surface area (Å²) in [7, 11) is 1.61. The number of esters is 1. The first-order chi connectivity index (χ1) is 7.79. The molecule has 0 N–H and O–H groups in total. The van der Waals surface area contributed by atoms with Gasteiger partial charge in [0.15, 0.2) is 11.3 Å². The fraction of sp³-hybridized carbons (Fsp3) is 0.250. The van der Waals surface area contributed by atoms with Crippen molar-refractivity contribution in [3.63, 3.8) is 0 Å². The van der Waals surface area contributed by atoms with Gasteiger partial charge in [0.2, 0.25) is 0 Å². The lowest BCUT2D eigenvalue weighted by Gasteiger charge is -2.16. The van der Waals surface area contributed by atoms with Crippen LogP contribution in [0.2, 0.25) is 0 Å². The molecule has 4 heteroatoms. The Morgan fingerprint density at radius 1 is 1.38 bits per heavy atom. The summed E-state index contributed by atoms with van der Waals surface area (Å²) in [5.74, 6) is 1.08. The highest BCUT2D eigenvalue weighted by Crippen LogP contribution is 2.39. The number of carbonyl (C=O) groups excluding carboxylic acids is 1. The standard InChI is InChI=1S/C12H10O4/c1-14-9-6-7-2-3-10(13)16-11(7)12-8(9)4-5-15-12/h4-6H,2-3H2,1H3. The van der Waals surface area contributed by atoms with Crippen LogP contribution in [0.4, 0.5) is 0 Å². The molecule has 1 aromatic carbocycles. The summed E-state index contributed by atoms with van der Waals surface area (Å²) in [6, 6.07) is 3.70. The summed E-state index contributed by atoms with van der Waals surface area (Å²) in [6.07, 6.45) is 2.64. The molecule has 2 aromatic rings. The van der Waals surface area contributed by atoms with Gasteiger partial charge in [-0.2, -0.15) is 0 Å². The molecule has 82 valence electrons. The fourth-order valence-corrected chi connectivity index (χ4v) is 1.99. The van der Waals surface area contributed by atoms with E-state index in [1.807, 2.05) is 6.07 Å². The van der Waals surface area contributed by atoms with Crippen LogP contribution >= 0.6 is 0 Å². The second kappa shape index (κ2) is 3.27. The molecule has 1 aromatic heterocycles. The number of furan rings is 1. The monoisotopic (exact) mass is 218 g/mol. The summed E-state index contributed by atoms with van der Waals surface area (Å²) in [5.41, 5.74) is 1.54. The van der Waals surface area contributed by atoms with E-state index in [1.54, 1.807) is 19.4 Å². The van der Waals surface area contributed by atoms with Crippen LogP contribution in [-0.2, 0) is 11.2 Å². The molecular formula is C12H10O4. The zero-order valence-corrected chi connectivity index (χ0v) is 8.78. The maximum atomic E-state index is 11.3. The Kier molecular flexibility index (Phi) is 1.89. The van der Waals surface area contributed by atoms with Crippen LogP contribution in [0, 0.1) is 0 Å². The van der Waals surface area contributed by atoms with Crippen molar-refractivity contribution in [3.05, 3.63) is 24.0 Å². The van der Waals surface area contributed by atoms with Crippen LogP contribution in [-0.4, -0.2) is 13.1 Å². The van der Waals surface area contributed by atoms with Gasteiger partial charge in [-0.3, -0.25) is 4.79 Å². The summed E-state index contributed by atoms with van der Waals surface area (Å²) < 4.78 is 15.8. The number of aryl methyl sites for hydroxylation is 1. The van der Waals surface area contributed by atoms with Gasteiger partial charge >= 0.3 is 5.97 Å². The van der Waals surface area contributed by atoms with Crippen LogP contribution in [0.3, 0.4) is 0 Å². The van der Waals surface area contributed by atoms with Crippen LogP contribution in [0.5, 0.6) is 11.5 Å². The Hall–Kier alpha value is -1.97. The first-order valence-corrected chi connectivity index (χ1v) is 5.07. The van der Waals surface area contributed by atoms with Crippen molar-refractivity contribution in [1.82, 2.24) is 0 Å². The second-order valence-corrected chi connectivity index (χ2v) is 3.70. The van der Waals surface area contributed by atoms with E-state index >= 15 is 0 Å². The van der Waals surface area contributed by atoms with Crippen molar-refractivity contribution in [2.24, 2.45) is 0 Å². The van der Waals surface area contributed by atoms with Gasteiger partial charge in [0.05, 0.1) is 25.2 Å². The zero-order chi connectivity index (χ0) is 11.1. The van der Waals surface area contributed by atoms with Crippen molar-refractivity contribution >= 4 is 16.9 Å². The van der Waals surface area contributed by atoms with Crippen molar-refractivity contribution in [2.45, 2.75) is 12.8 Å². The predicted octanol–water partition coefficient (Wildman–Crippen LogP) is 2.29. The van der Waals surface area contributed by atoms with Crippen LogP contribution in [0.1, 0.15) is 12.0 Å². The molecule has 0 unspecified atom stereocenters. The molecule has 1 aliphatic heterocycles. The van der Waals surface area contributed by atoms with Crippen molar-refractivity contribution in [1.29, 1.82) is 0 Å². The molecule has 0 radical (unpaired) electrons. The van der Waals surface area contributed by atoms with Crippen molar-refractivity contribution in [2.75, 3.05) is 7.11 Å². The Morgan fingerprint density at radius 2 is 2.25 bits per heavy atom. The summed E-state index contributed by atoms with van der Waals surface area (Å²) in [5, 5.41) is 0.830. The number of rotatable bonds is 1. The number of ether oxygens (including phenoxy) is 2. The quantitative estimate of drug-likeness (QED) is 0.544. The molecule has 16 heavy (non-hydrogen) atoms.